The Bertz CT molecular complexity index is 805. The number of halogens is 2. The first kappa shape index (κ1) is 15.2. The van der Waals surface area contributed by atoms with Gasteiger partial charge in [-0.1, -0.05) is 6.07 Å². The van der Waals surface area contributed by atoms with Crippen LogP contribution in [0.1, 0.15) is 11.1 Å². The Balaban J connectivity index is 2.51. The van der Waals surface area contributed by atoms with Gasteiger partial charge in [-0.2, -0.15) is 0 Å². The molecule has 0 radical (unpaired) electrons. The van der Waals surface area contributed by atoms with Crippen LogP contribution in [0.25, 0.3) is 0 Å². The third kappa shape index (κ3) is 2.97. The summed E-state index contributed by atoms with van der Waals surface area (Å²) < 4.78 is 53.3. The van der Waals surface area contributed by atoms with E-state index in [1.807, 2.05) is 0 Å². The first-order valence-electron chi connectivity index (χ1n) is 6.06. The summed E-state index contributed by atoms with van der Waals surface area (Å²) in [4.78, 5) is -0.105. The summed E-state index contributed by atoms with van der Waals surface area (Å²) in [5.74, 6) is -1.79. The highest BCUT2D eigenvalue weighted by molar-refractivity contribution is 7.93. The van der Waals surface area contributed by atoms with E-state index in [2.05, 4.69) is 4.72 Å². The van der Waals surface area contributed by atoms with Gasteiger partial charge in [0.2, 0.25) is 0 Å². The number of rotatable bonds is 3. The molecular formula is C14H14F2N2O2S. The van der Waals surface area contributed by atoms with Crippen molar-refractivity contribution in [3.8, 4) is 0 Å². The number of aryl methyl sites for hydroxylation is 1. The number of sulfonamides is 1. The predicted molar refractivity (Wildman–Crippen MR) is 77.5 cm³/mol. The molecule has 4 nitrogen and oxygen atoms in total. The summed E-state index contributed by atoms with van der Waals surface area (Å²) in [7, 11) is -4.07. The summed E-state index contributed by atoms with van der Waals surface area (Å²) in [6.07, 6.45) is 0. The van der Waals surface area contributed by atoms with Gasteiger partial charge >= 0.3 is 0 Å². The molecular weight excluding hydrogens is 298 g/mol. The SMILES string of the molecule is Cc1ccc(N)c(S(=O)(=O)Nc2ccc(F)cc2F)c1C. The molecule has 0 fully saturated rings. The van der Waals surface area contributed by atoms with Crippen LogP contribution in [0.5, 0.6) is 0 Å². The Hall–Kier alpha value is -2.15. The zero-order valence-corrected chi connectivity index (χ0v) is 12.3. The van der Waals surface area contributed by atoms with Crippen molar-refractivity contribution in [1.29, 1.82) is 0 Å². The fourth-order valence-corrected chi connectivity index (χ4v) is 3.44. The second kappa shape index (κ2) is 5.33. The molecule has 0 amide bonds. The Labute approximate surface area is 121 Å². The van der Waals surface area contributed by atoms with Gasteiger partial charge in [-0.25, -0.2) is 17.2 Å². The summed E-state index contributed by atoms with van der Waals surface area (Å²) in [5, 5.41) is 0. The third-order valence-electron chi connectivity index (χ3n) is 3.15. The summed E-state index contributed by atoms with van der Waals surface area (Å²) in [5.41, 5.74) is 6.66. The Kier molecular flexibility index (Phi) is 3.87. The highest BCUT2D eigenvalue weighted by Gasteiger charge is 2.22. The van der Waals surface area contributed by atoms with Gasteiger partial charge in [0, 0.05) is 6.07 Å². The van der Waals surface area contributed by atoms with E-state index in [0.29, 0.717) is 11.6 Å². The molecule has 7 heteroatoms. The molecule has 0 unspecified atom stereocenters. The van der Waals surface area contributed by atoms with Gasteiger partial charge in [-0.15, -0.1) is 0 Å². The Morgan fingerprint density at radius 3 is 2.38 bits per heavy atom. The zero-order chi connectivity index (χ0) is 15.8. The normalized spacial score (nSPS) is 11.4. The van der Waals surface area contributed by atoms with Crippen LogP contribution in [-0.4, -0.2) is 8.42 Å². The van der Waals surface area contributed by atoms with Gasteiger partial charge in [0.15, 0.2) is 0 Å². The lowest BCUT2D eigenvalue weighted by Gasteiger charge is -2.14. The Morgan fingerprint density at radius 2 is 1.76 bits per heavy atom. The molecule has 2 aromatic carbocycles. The van der Waals surface area contributed by atoms with Crippen LogP contribution in [-0.2, 0) is 10.0 Å². The number of benzene rings is 2. The van der Waals surface area contributed by atoms with E-state index in [0.717, 1.165) is 17.7 Å². The van der Waals surface area contributed by atoms with Gasteiger partial charge in [0.25, 0.3) is 10.0 Å². The second-order valence-corrected chi connectivity index (χ2v) is 6.27. The molecule has 112 valence electrons. The van der Waals surface area contributed by atoms with Gasteiger partial charge in [0.1, 0.15) is 16.5 Å². The lowest BCUT2D eigenvalue weighted by molar-refractivity contribution is 0.582. The molecule has 0 spiro atoms. The molecule has 0 atom stereocenters. The minimum Gasteiger partial charge on any atom is -0.398 e. The van der Waals surface area contributed by atoms with Gasteiger partial charge < -0.3 is 5.73 Å². The second-order valence-electron chi connectivity index (χ2n) is 4.66. The lowest BCUT2D eigenvalue weighted by Crippen LogP contribution is -2.17. The van der Waals surface area contributed by atoms with Crippen molar-refractivity contribution in [2.24, 2.45) is 0 Å². The molecule has 2 rings (SSSR count). The lowest BCUT2D eigenvalue weighted by atomic mass is 10.1. The maximum Gasteiger partial charge on any atom is 0.264 e. The number of hydrogen-bond acceptors (Lipinski definition) is 3. The van der Waals surface area contributed by atoms with Crippen LogP contribution < -0.4 is 10.5 Å². The van der Waals surface area contributed by atoms with Crippen LogP contribution >= 0.6 is 0 Å². The molecule has 3 N–H and O–H groups in total. The zero-order valence-electron chi connectivity index (χ0n) is 11.4. The van der Waals surface area contributed by atoms with E-state index >= 15 is 0 Å². The van der Waals surface area contributed by atoms with Crippen molar-refractivity contribution in [2.75, 3.05) is 10.5 Å². The minimum absolute atomic E-state index is 0.0631. The number of nitrogen functional groups attached to an aromatic ring is 1. The molecule has 0 saturated carbocycles. The van der Waals surface area contributed by atoms with Crippen molar-refractivity contribution in [1.82, 2.24) is 0 Å². The van der Waals surface area contributed by atoms with E-state index in [1.165, 1.54) is 6.07 Å². The number of nitrogens with two attached hydrogens (primary N) is 1. The highest BCUT2D eigenvalue weighted by Crippen LogP contribution is 2.28. The van der Waals surface area contributed by atoms with Crippen LogP contribution in [0.15, 0.2) is 35.2 Å². The molecule has 2 aromatic rings. The molecule has 21 heavy (non-hydrogen) atoms. The van der Waals surface area contributed by atoms with Crippen LogP contribution in [0, 0.1) is 25.5 Å². The van der Waals surface area contributed by atoms with E-state index in [9.17, 15) is 17.2 Å². The fourth-order valence-electron chi connectivity index (χ4n) is 1.94. The molecule has 0 aliphatic rings. The van der Waals surface area contributed by atoms with Crippen LogP contribution in [0.3, 0.4) is 0 Å². The monoisotopic (exact) mass is 312 g/mol. The molecule has 0 aliphatic heterocycles. The fraction of sp³-hybridized carbons (Fsp3) is 0.143. The smallest absolute Gasteiger partial charge is 0.264 e. The van der Waals surface area contributed by atoms with Gasteiger partial charge in [-0.05, 0) is 43.2 Å². The average molecular weight is 312 g/mol. The van der Waals surface area contributed by atoms with Crippen molar-refractivity contribution in [3.63, 3.8) is 0 Å². The van der Waals surface area contributed by atoms with Crippen molar-refractivity contribution in [2.45, 2.75) is 18.7 Å². The predicted octanol–water partition coefficient (Wildman–Crippen LogP) is 2.96. The van der Waals surface area contributed by atoms with Crippen LogP contribution in [0.4, 0.5) is 20.2 Å². The van der Waals surface area contributed by atoms with Crippen molar-refractivity contribution in [3.05, 3.63) is 53.1 Å². The summed E-state index contributed by atoms with van der Waals surface area (Å²) in [6.45, 7) is 3.35. The summed E-state index contributed by atoms with van der Waals surface area (Å²) >= 11 is 0. The van der Waals surface area contributed by atoms with Gasteiger partial charge in [0.05, 0.1) is 11.4 Å². The molecule has 0 aliphatic carbocycles. The third-order valence-corrected chi connectivity index (χ3v) is 4.72. The quantitative estimate of drug-likeness (QED) is 0.856. The number of anilines is 2. The summed E-state index contributed by atoms with van der Waals surface area (Å²) in [6, 6.07) is 5.75. The Morgan fingerprint density at radius 1 is 1.10 bits per heavy atom. The number of hydrogen-bond donors (Lipinski definition) is 2. The first-order valence-corrected chi connectivity index (χ1v) is 7.54. The maximum absolute atomic E-state index is 13.6. The topological polar surface area (TPSA) is 72.2 Å². The highest BCUT2D eigenvalue weighted by atomic mass is 32.2. The van der Waals surface area contributed by atoms with E-state index < -0.39 is 21.7 Å². The van der Waals surface area contributed by atoms with E-state index in [1.54, 1.807) is 19.9 Å². The minimum atomic E-state index is -4.07. The number of nitrogens with one attached hydrogen (secondary N) is 1. The largest absolute Gasteiger partial charge is 0.398 e. The maximum atomic E-state index is 13.6. The standard InChI is InChI=1S/C14H14F2N2O2S/c1-8-3-5-12(17)14(9(8)2)21(19,20)18-13-6-4-10(15)7-11(13)16/h3-7,18H,17H2,1-2H3. The molecule has 0 heterocycles. The van der Waals surface area contributed by atoms with E-state index in [4.69, 9.17) is 5.73 Å². The molecule has 0 saturated heterocycles. The van der Waals surface area contributed by atoms with E-state index in [-0.39, 0.29) is 16.3 Å². The first-order chi connectivity index (χ1) is 9.72. The van der Waals surface area contributed by atoms with Crippen LogP contribution in [0.2, 0.25) is 0 Å². The average Bonchev–Trinajstić information content (AvgIpc) is 2.37. The molecule has 0 bridgehead atoms. The molecule has 0 aromatic heterocycles. The van der Waals surface area contributed by atoms with Crippen molar-refractivity contribution >= 4 is 21.4 Å². The van der Waals surface area contributed by atoms with Crippen molar-refractivity contribution < 1.29 is 17.2 Å². The van der Waals surface area contributed by atoms with Gasteiger partial charge in [-0.3, -0.25) is 4.72 Å².